The molecule has 1 atom stereocenters. The van der Waals surface area contributed by atoms with E-state index in [1.807, 2.05) is 49.4 Å². The van der Waals surface area contributed by atoms with Gasteiger partial charge in [-0.3, -0.25) is 0 Å². The van der Waals surface area contributed by atoms with Gasteiger partial charge in [-0.05, 0) is 68.6 Å². The highest BCUT2D eigenvalue weighted by molar-refractivity contribution is 9.11. The van der Waals surface area contributed by atoms with Crippen molar-refractivity contribution in [3.8, 4) is 0 Å². The maximum absolute atomic E-state index is 12.0. The molecule has 110 valence electrons. The molecule has 21 heavy (non-hydrogen) atoms. The number of benzene rings is 2. The van der Waals surface area contributed by atoms with E-state index >= 15 is 0 Å². The number of amides is 2. The molecule has 0 aliphatic carbocycles. The van der Waals surface area contributed by atoms with Gasteiger partial charge in [0.1, 0.15) is 0 Å². The lowest BCUT2D eigenvalue weighted by atomic mass is 10.1. The molecule has 0 saturated heterocycles. The molecule has 6 heteroatoms. The van der Waals surface area contributed by atoms with Crippen molar-refractivity contribution in [3.63, 3.8) is 0 Å². The third kappa shape index (κ3) is 4.30. The minimum absolute atomic E-state index is 0.0240. The van der Waals surface area contributed by atoms with Crippen LogP contribution in [-0.4, -0.2) is 6.03 Å². The molecule has 0 spiro atoms. The number of carbonyl (C=O) groups excluding carboxylic acids is 1. The van der Waals surface area contributed by atoms with Crippen LogP contribution in [0.1, 0.15) is 18.5 Å². The second kappa shape index (κ2) is 7.06. The number of nitrogens with one attached hydrogen (secondary N) is 2. The van der Waals surface area contributed by atoms with Gasteiger partial charge in [-0.2, -0.15) is 0 Å². The maximum Gasteiger partial charge on any atom is 0.323 e. The van der Waals surface area contributed by atoms with E-state index in [9.17, 15) is 4.79 Å². The average molecular weight is 413 g/mol. The minimum atomic E-state index is -0.309. The Morgan fingerprint density at radius 1 is 1.05 bits per heavy atom. The number of rotatable bonds is 3. The maximum atomic E-state index is 12.0. The van der Waals surface area contributed by atoms with Crippen molar-refractivity contribution in [3.05, 3.63) is 57.0 Å². The smallest absolute Gasteiger partial charge is 0.323 e. The Morgan fingerprint density at radius 2 is 1.62 bits per heavy atom. The first-order valence-electron chi connectivity index (χ1n) is 6.35. The van der Waals surface area contributed by atoms with Crippen LogP contribution in [0.5, 0.6) is 0 Å². The summed E-state index contributed by atoms with van der Waals surface area (Å²) in [5, 5.41) is 5.57. The van der Waals surface area contributed by atoms with Gasteiger partial charge in [0.2, 0.25) is 0 Å². The predicted molar refractivity (Wildman–Crippen MR) is 93.5 cm³/mol. The molecule has 0 fully saturated rings. The lowest BCUT2D eigenvalue weighted by molar-refractivity contribution is 0.262. The molecule has 0 aromatic heterocycles. The van der Waals surface area contributed by atoms with Crippen LogP contribution in [0.3, 0.4) is 0 Å². The van der Waals surface area contributed by atoms with Crippen LogP contribution < -0.4 is 16.4 Å². The Morgan fingerprint density at radius 3 is 2.14 bits per heavy atom. The van der Waals surface area contributed by atoms with Crippen molar-refractivity contribution in [2.75, 3.05) is 10.6 Å². The Labute approximate surface area is 140 Å². The van der Waals surface area contributed by atoms with Gasteiger partial charge in [-0.15, -0.1) is 0 Å². The van der Waals surface area contributed by atoms with E-state index in [2.05, 4.69) is 42.5 Å². The first kappa shape index (κ1) is 16.0. The van der Waals surface area contributed by atoms with Crippen molar-refractivity contribution in [2.24, 2.45) is 5.73 Å². The van der Waals surface area contributed by atoms with E-state index in [1.165, 1.54) is 0 Å². The summed E-state index contributed by atoms with van der Waals surface area (Å²) in [7, 11) is 0. The Hall–Kier alpha value is -1.37. The van der Waals surface area contributed by atoms with Crippen molar-refractivity contribution >= 4 is 49.3 Å². The number of carbonyl (C=O) groups is 1. The molecule has 0 saturated carbocycles. The molecule has 0 heterocycles. The van der Waals surface area contributed by atoms with Gasteiger partial charge in [-0.1, -0.05) is 18.2 Å². The van der Waals surface area contributed by atoms with Gasteiger partial charge < -0.3 is 16.4 Å². The molecule has 2 aromatic carbocycles. The van der Waals surface area contributed by atoms with Gasteiger partial charge in [-0.25, -0.2) is 4.79 Å². The quantitative estimate of drug-likeness (QED) is 0.672. The first-order chi connectivity index (χ1) is 9.97. The van der Waals surface area contributed by atoms with Crippen LogP contribution >= 0.6 is 31.9 Å². The minimum Gasteiger partial charge on any atom is -0.324 e. The summed E-state index contributed by atoms with van der Waals surface area (Å²) in [4.78, 5) is 12.0. The Kier molecular flexibility index (Phi) is 5.39. The van der Waals surface area contributed by atoms with Crippen LogP contribution in [-0.2, 0) is 0 Å². The summed E-state index contributed by atoms with van der Waals surface area (Å²) >= 11 is 6.80. The SMILES string of the molecule is CC(N)c1ccc(NC(=O)Nc2c(Br)cccc2Br)cc1. The number of urea groups is 1. The standard InChI is InChI=1S/C15H15Br2N3O/c1-9(18)10-5-7-11(8-6-10)19-15(21)20-14-12(16)3-2-4-13(14)17/h2-9H,18H2,1H3,(H2,19,20,21). The topological polar surface area (TPSA) is 67.1 Å². The van der Waals surface area contributed by atoms with Gasteiger partial charge in [0.15, 0.2) is 0 Å². The molecule has 0 aliphatic rings. The molecule has 2 rings (SSSR count). The molecular formula is C15H15Br2N3O. The number of para-hydroxylation sites is 1. The van der Waals surface area contributed by atoms with E-state index in [1.54, 1.807) is 0 Å². The highest BCUT2D eigenvalue weighted by Gasteiger charge is 2.09. The van der Waals surface area contributed by atoms with Crippen LogP contribution in [0, 0.1) is 0 Å². The lowest BCUT2D eigenvalue weighted by Gasteiger charge is -2.11. The van der Waals surface area contributed by atoms with E-state index < -0.39 is 0 Å². The van der Waals surface area contributed by atoms with Crippen LogP contribution in [0.4, 0.5) is 16.2 Å². The van der Waals surface area contributed by atoms with Crippen LogP contribution in [0.2, 0.25) is 0 Å². The number of anilines is 2. The number of hydrogen-bond donors (Lipinski definition) is 3. The summed E-state index contributed by atoms with van der Waals surface area (Å²) < 4.78 is 1.61. The van der Waals surface area contributed by atoms with Gasteiger partial charge in [0, 0.05) is 20.7 Å². The fourth-order valence-corrected chi connectivity index (χ4v) is 2.96. The van der Waals surface area contributed by atoms with Crippen molar-refractivity contribution < 1.29 is 4.79 Å². The fourth-order valence-electron chi connectivity index (χ4n) is 1.76. The summed E-state index contributed by atoms with van der Waals surface area (Å²) in [5.74, 6) is 0. The zero-order valence-electron chi connectivity index (χ0n) is 11.4. The highest BCUT2D eigenvalue weighted by atomic mass is 79.9. The number of nitrogens with two attached hydrogens (primary N) is 1. The Balaban J connectivity index is 2.05. The molecule has 4 nitrogen and oxygen atoms in total. The zero-order chi connectivity index (χ0) is 15.4. The highest BCUT2D eigenvalue weighted by Crippen LogP contribution is 2.30. The van der Waals surface area contributed by atoms with Crippen molar-refractivity contribution in [1.82, 2.24) is 0 Å². The average Bonchev–Trinajstić information content (AvgIpc) is 2.43. The molecule has 2 aromatic rings. The Bertz CT molecular complexity index is 622. The number of hydrogen-bond acceptors (Lipinski definition) is 2. The van der Waals surface area contributed by atoms with E-state index in [4.69, 9.17) is 5.73 Å². The van der Waals surface area contributed by atoms with E-state index in [0.717, 1.165) is 14.5 Å². The monoisotopic (exact) mass is 411 g/mol. The third-order valence-corrected chi connectivity index (χ3v) is 4.22. The van der Waals surface area contributed by atoms with Gasteiger partial charge >= 0.3 is 6.03 Å². The molecule has 1 unspecified atom stereocenters. The normalized spacial score (nSPS) is 11.8. The molecule has 0 bridgehead atoms. The van der Waals surface area contributed by atoms with Crippen LogP contribution in [0.25, 0.3) is 0 Å². The predicted octanol–water partition coefficient (Wildman–Crippen LogP) is 4.88. The lowest BCUT2D eigenvalue weighted by Crippen LogP contribution is -2.20. The van der Waals surface area contributed by atoms with Crippen LogP contribution in [0.15, 0.2) is 51.4 Å². The van der Waals surface area contributed by atoms with Gasteiger partial charge in [0.25, 0.3) is 0 Å². The van der Waals surface area contributed by atoms with Crippen molar-refractivity contribution in [1.29, 1.82) is 0 Å². The molecular weight excluding hydrogens is 398 g/mol. The number of halogens is 2. The largest absolute Gasteiger partial charge is 0.324 e. The molecule has 4 N–H and O–H groups in total. The fraction of sp³-hybridized carbons (Fsp3) is 0.133. The summed E-state index contributed by atoms with van der Waals surface area (Å²) in [6.07, 6.45) is 0. The second-order valence-electron chi connectivity index (χ2n) is 4.59. The second-order valence-corrected chi connectivity index (χ2v) is 6.30. The summed E-state index contributed by atoms with van der Waals surface area (Å²) in [6, 6.07) is 12.7. The zero-order valence-corrected chi connectivity index (χ0v) is 14.5. The summed E-state index contributed by atoms with van der Waals surface area (Å²) in [6.45, 7) is 1.92. The molecule has 0 aliphatic heterocycles. The van der Waals surface area contributed by atoms with Crippen molar-refractivity contribution in [2.45, 2.75) is 13.0 Å². The van der Waals surface area contributed by atoms with E-state index in [0.29, 0.717) is 11.4 Å². The third-order valence-electron chi connectivity index (χ3n) is 2.90. The summed E-state index contributed by atoms with van der Waals surface area (Å²) in [5.41, 5.74) is 8.20. The van der Waals surface area contributed by atoms with Gasteiger partial charge in [0.05, 0.1) is 5.69 Å². The molecule has 2 amide bonds. The first-order valence-corrected chi connectivity index (χ1v) is 7.93. The van der Waals surface area contributed by atoms with E-state index in [-0.39, 0.29) is 12.1 Å². The molecule has 0 radical (unpaired) electrons.